The number of rotatable bonds is 3. The molecule has 0 aromatic heterocycles. The van der Waals surface area contributed by atoms with Crippen molar-refractivity contribution in [2.45, 2.75) is 20.8 Å². The van der Waals surface area contributed by atoms with Crippen LogP contribution in [0.3, 0.4) is 0 Å². The fraction of sp³-hybridized carbons (Fsp3) is 1.00. The second-order valence-corrected chi connectivity index (χ2v) is 1.62. The van der Waals surface area contributed by atoms with Crippen LogP contribution in [-0.4, -0.2) is 30.0 Å². The summed E-state index contributed by atoms with van der Waals surface area (Å²) in [5.41, 5.74) is 0. The fourth-order valence-corrected chi connectivity index (χ4v) is 0.671. The molecule has 4 heteroatoms. The number of hydrogen-bond acceptors (Lipinski definition) is 2. The third-order valence-electron chi connectivity index (χ3n) is 1.34. The van der Waals surface area contributed by atoms with E-state index in [2.05, 4.69) is 25.7 Å². The quantitative estimate of drug-likeness (QED) is 0.517. The molecule has 0 aromatic carbocycles. The molecule has 10 heavy (non-hydrogen) atoms. The maximum absolute atomic E-state index is 2.38. The summed E-state index contributed by atoms with van der Waals surface area (Å²) in [6.07, 6.45) is 0. The minimum Gasteiger partial charge on any atom is -0.870 e. The van der Waals surface area contributed by atoms with Crippen LogP contribution in [-0.2, 0) is 0 Å². The second kappa shape index (κ2) is 17.1. The molecule has 0 unspecified atom stereocenters. The molecular formula is C6H17ClKNO. The van der Waals surface area contributed by atoms with Crippen LogP contribution in [0.4, 0.5) is 0 Å². The molecule has 0 atom stereocenters. The van der Waals surface area contributed by atoms with E-state index in [9.17, 15) is 0 Å². The molecule has 0 aliphatic rings. The first kappa shape index (κ1) is 22.6. The third-order valence-corrected chi connectivity index (χ3v) is 1.34. The van der Waals surface area contributed by atoms with Crippen molar-refractivity contribution in [3.8, 4) is 0 Å². The Morgan fingerprint density at radius 1 is 0.900 bits per heavy atom. The Hall–Kier alpha value is 1.85. The molecule has 0 aliphatic carbocycles. The molecule has 0 aliphatic heterocycles. The Labute approximate surface area is 113 Å². The molecule has 1 N–H and O–H groups in total. The van der Waals surface area contributed by atoms with Crippen LogP contribution in [0.25, 0.3) is 0 Å². The van der Waals surface area contributed by atoms with Gasteiger partial charge in [-0.3, -0.25) is 0 Å². The van der Waals surface area contributed by atoms with E-state index in [1.807, 2.05) is 0 Å². The number of nitrogens with zero attached hydrogens (tertiary/aromatic N) is 1. The average molecular weight is 194 g/mol. The number of halogens is 1. The predicted molar refractivity (Wildman–Crippen MR) is 42.6 cm³/mol. The smallest absolute Gasteiger partial charge is 0.870 e. The van der Waals surface area contributed by atoms with Crippen molar-refractivity contribution in [3.63, 3.8) is 0 Å². The fourth-order valence-electron chi connectivity index (χ4n) is 0.671. The van der Waals surface area contributed by atoms with Gasteiger partial charge in [0.1, 0.15) is 0 Å². The van der Waals surface area contributed by atoms with E-state index in [4.69, 9.17) is 0 Å². The molecule has 60 valence electrons. The van der Waals surface area contributed by atoms with Gasteiger partial charge in [-0.2, -0.15) is 0 Å². The van der Waals surface area contributed by atoms with Crippen molar-refractivity contribution in [2.75, 3.05) is 19.6 Å². The molecule has 0 spiro atoms. The summed E-state index contributed by atoms with van der Waals surface area (Å²) in [6.45, 7) is 10.1. The minimum absolute atomic E-state index is 0. The van der Waals surface area contributed by atoms with Crippen molar-refractivity contribution in [1.82, 2.24) is 4.90 Å². The van der Waals surface area contributed by atoms with Gasteiger partial charge in [-0.05, 0) is 19.6 Å². The molecule has 0 saturated carbocycles. The van der Waals surface area contributed by atoms with Gasteiger partial charge in [0.2, 0.25) is 0 Å². The summed E-state index contributed by atoms with van der Waals surface area (Å²) in [5, 5.41) is 0. The summed E-state index contributed by atoms with van der Waals surface area (Å²) in [7, 11) is 0. The zero-order chi connectivity index (χ0) is 5.70. The van der Waals surface area contributed by atoms with Crippen LogP contribution in [0, 0.1) is 0 Å². The largest absolute Gasteiger partial charge is 1.00 e. The normalized spacial score (nSPS) is 7.20. The van der Waals surface area contributed by atoms with E-state index < -0.39 is 0 Å². The van der Waals surface area contributed by atoms with E-state index in [-0.39, 0.29) is 69.3 Å². The van der Waals surface area contributed by atoms with Crippen LogP contribution in [0.15, 0.2) is 0 Å². The Morgan fingerprint density at radius 2 is 1.10 bits per heavy atom. The topological polar surface area (TPSA) is 33.2 Å². The molecule has 0 fully saturated rings. The molecular weight excluding hydrogens is 177 g/mol. The van der Waals surface area contributed by atoms with Gasteiger partial charge in [-0.1, -0.05) is 20.8 Å². The van der Waals surface area contributed by atoms with Gasteiger partial charge in [0, 0.05) is 0 Å². The Morgan fingerprint density at radius 3 is 1.10 bits per heavy atom. The molecule has 0 amide bonds. The first-order valence-electron chi connectivity index (χ1n) is 3.07. The Balaban J connectivity index is -0.0000000600. The first-order chi connectivity index (χ1) is 3.35. The van der Waals surface area contributed by atoms with E-state index in [1.165, 1.54) is 19.6 Å². The van der Waals surface area contributed by atoms with Crippen molar-refractivity contribution >= 4 is 12.4 Å². The maximum atomic E-state index is 2.38. The second-order valence-electron chi connectivity index (χ2n) is 1.62. The predicted octanol–water partition coefficient (Wildman–Crippen LogP) is -1.40. The van der Waals surface area contributed by atoms with Crippen LogP contribution in [0.2, 0.25) is 0 Å². The molecule has 0 aromatic rings. The van der Waals surface area contributed by atoms with Gasteiger partial charge < -0.3 is 10.4 Å². The van der Waals surface area contributed by atoms with Gasteiger partial charge in [0.05, 0.1) is 0 Å². The van der Waals surface area contributed by atoms with Crippen molar-refractivity contribution in [1.29, 1.82) is 0 Å². The Kier molecular flexibility index (Phi) is 38.7. The van der Waals surface area contributed by atoms with Crippen LogP contribution in [0.1, 0.15) is 20.8 Å². The molecule has 2 nitrogen and oxygen atoms in total. The van der Waals surface area contributed by atoms with E-state index in [0.717, 1.165) is 0 Å². The monoisotopic (exact) mass is 193 g/mol. The summed E-state index contributed by atoms with van der Waals surface area (Å²) in [5.74, 6) is 0. The third kappa shape index (κ3) is 12.5. The molecule has 0 radical (unpaired) electrons. The summed E-state index contributed by atoms with van der Waals surface area (Å²) < 4.78 is 0. The Bertz CT molecular complexity index is 39.2. The van der Waals surface area contributed by atoms with Crippen molar-refractivity contribution in [3.05, 3.63) is 0 Å². The van der Waals surface area contributed by atoms with Crippen molar-refractivity contribution < 1.29 is 56.9 Å². The number of hydrogen-bond donors (Lipinski definition) is 0. The zero-order valence-electron chi connectivity index (χ0n) is 7.42. The van der Waals surface area contributed by atoms with Crippen LogP contribution in [0.5, 0.6) is 0 Å². The van der Waals surface area contributed by atoms with E-state index >= 15 is 0 Å². The maximum Gasteiger partial charge on any atom is 1.00 e. The van der Waals surface area contributed by atoms with Gasteiger partial charge in [-0.15, -0.1) is 12.4 Å². The van der Waals surface area contributed by atoms with Gasteiger partial charge in [0.25, 0.3) is 0 Å². The summed E-state index contributed by atoms with van der Waals surface area (Å²) in [6, 6.07) is 0. The SMILES string of the molecule is CCN(CC)CC.Cl.[K+].[OH-]. The molecule has 0 heterocycles. The summed E-state index contributed by atoms with van der Waals surface area (Å²) >= 11 is 0. The van der Waals surface area contributed by atoms with Gasteiger partial charge in [0.15, 0.2) is 0 Å². The summed E-state index contributed by atoms with van der Waals surface area (Å²) in [4.78, 5) is 2.38. The van der Waals surface area contributed by atoms with Crippen LogP contribution >= 0.6 is 12.4 Å². The van der Waals surface area contributed by atoms with E-state index in [0.29, 0.717) is 0 Å². The van der Waals surface area contributed by atoms with Gasteiger partial charge >= 0.3 is 51.4 Å². The zero-order valence-corrected chi connectivity index (χ0v) is 11.4. The first-order valence-corrected chi connectivity index (χ1v) is 3.07. The van der Waals surface area contributed by atoms with Gasteiger partial charge in [-0.25, -0.2) is 0 Å². The molecule has 0 rings (SSSR count). The van der Waals surface area contributed by atoms with Crippen LogP contribution < -0.4 is 51.4 Å². The average Bonchev–Trinajstić information content (AvgIpc) is 1.72. The van der Waals surface area contributed by atoms with E-state index in [1.54, 1.807) is 0 Å². The molecule has 0 bridgehead atoms. The standard InChI is InChI=1S/C6H15N.ClH.K.H2O/c1-4-7(5-2)6-3;;;/h4-6H2,1-3H3;1H;;1H2/q;;+1;/p-1. The van der Waals surface area contributed by atoms with Crippen molar-refractivity contribution in [2.24, 2.45) is 0 Å². The minimum atomic E-state index is 0. The molecule has 0 saturated heterocycles.